The zero-order valence-corrected chi connectivity index (χ0v) is 19.4. The van der Waals surface area contributed by atoms with Gasteiger partial charge in [-0.25, -0.2) is 13.9 Å². The molecule has 0 unspecified atom stereocenters. The molecule has 1 saturated heterocycles. The Bertz CT molecular complexity index is 1610. The molecule has 0 bridgehead atoms. The van der Waals surface area contributed by atoms with E-state index in [-0.39, 0.29) is 35.0 Å². The van der Waals surface area contributed by atoms with Crippen molar-refractivity contribution in [3.63, 3.8) is 0 Å². The number of aromatic nitrogens is 3. The molecule has 0 aliphatic carbocycles. The van der Waals surface area contributed by atoms with Crippen molar-refractivity contribution in [3.8, 4) is 11.4 Å². The Morgan fingerprint density at radius 1 is 1.17 bits per heavy atom. The van der Waals surface area contributed by atoms with E-state index < -0.39 is 22.8 Å². The Morgan fingerprint density at radius 3 is 2.64 bits per heavy atom. The molecule has 2 N–H and O–H groups in total. The summed E-state index contributed by atoms with van der Waals surface area (Å²) in [7, 11) is 0. The fourth-order valence-corrected chi connectivity index (χ4v) is 4.76. The second-order valence-corrected chi connectivity index (χ2v) is 8.88. The number of aromatic carboxylic acids is 1. The van der Waals surface area contributed by atoms with Crippen LogP contribution in [0.2, 0.25) is 0 Å². The summed E-state index contributed by atoms with van der Waals surface area (Å²) in [5.74, 6) is -2.06. The first-order valence-electron chi connectivity index (χ1n) is 11.5. The topological polar surface area (TPSA) is 118 Å². The van der Waals surface area contributed by atoms with Gasteiger partial charge >= 0.3 is 5.97 Å². The van der Waals surface area contributed by atoms with E-state index in [2.05, 4.69) is 5.10 Å². The number of hydrogen-bond donors (Lipinski definition) is 2. The summed E-state index contributed by atoms with van der Waals surface area (Å²) in [6, 6.07) is 10.1. The van der Waals surface area contributed by atoms with Crippen LogP contribution in [-0.2, 0) is 6.54 Å². The average Bonchev–Trinajstić information content (AvgIpc) is 3.30. The molecule has 1 fully saturated rings. The number of phenols is 1. The molecule has 5 rings (SSSR count). The van der Waals surface area contributed by atoms with Gasteiger partial charge in [-0.15, -0.1) is 0 Å². The van der Waals surface area contributed by atoms with Gasteiger partial charge in [-0.05, 0) is 62.2 Å². The molecule has 0 saturated carbocycles. The van der Waals surface area contributed by atoms with E-state index in [1.807, 2.05) is 4.90 Å². The number of pyridine rings is 1. The van der Waals surface area contributed by atoms with E-state index in [1.54, 1.807) is 31.3 Å². The number of phenolic OH excluding ortho intramolecular Hbond substituents is 1. The molecule has 1 aliphatic heterocycles. The van der Waals surface area contributed by atoms with Crippen molar-refractivity contribution >= 4 is 22.6 Å². The van der Waals surface area contributed by atoms with Crippen LogP contribution in [-0.4, -0.2) is 43.1 Å². The first-order chi connectivity index (χ1) is 17.2. The summed E-state index contributed by atoms with van der Waals surface area (Å²) in [6.45, 7) is 2.54. The van der Waals surface area contributed by atoms with Crippen LogP contribution < -0.4 is 15.9 Å². The van der Waals surface area contributed by atoms with Gasteiger partial charge in [0, 0.05) is 41.6 Å². The highest BCUT2D eigenvalue weighted by molar-refractivity contribution is 5.94. The number of carboxylic acid groups (broad SMARTS) is 1. The second kappa shape index (κ2) is 8.95. The molecule has 10 heteroatoms. The number of aromatic hydroxyl groups is 1. The van der Waals surface area contributed by atoms with Crippen LogP contribution in [0.5, 0.6) is 5.75 Å². The lowest BCUT2D eigenvalue weighted by Crippen LogP contribution is -2.38. The van der Waals surface area contributed by atoms with Crippen molar-refractivity contribution in [2.45, 2.75) is 32.4 Å². The number of benzene rings is 2. The third-order valence-electron chi connectivity index (χ3n) is 6.60. The first-order valence-corrected chi connectivity index (χ1v) is 11.5. The molecule has 1 aliphatic rings. The van der Waals surface area contributed by atoms with Crippen LogP contribution in [0.4, 0.5) is 10.1 Å². The lowest BCUT2D eigenvalue weighted by Gasteiger charge is -2.28. The van der Waals surface area contributed by atoms with E-state index in [4.69, 9.17) is 0 Å². The average molecular weight is 490 g/mol. The summed E-state index contributed by atoms with van der Waals surface area (Å²) in [5.41, 5.74) is 0.151. The van der Waals surface area contributed by atoms with Crippen LogP contribution in [0.1, 0.15) is 28.8 Å². The molecule has 0 radical (unpaired) electrons. The predicted octanol–water partition coefficient (Wildman–Crippen LogP) is 3.07. The van der Waals surface area contributed by atoms with E-state index in [9.17, 15) is 24.6 Å². The Morgan fingerprint density at radius 2 is 1.92 bits per heavy atom. The quantitative estimate of drug-likeness (QED) is 0.442. The molecule has 36 heavy (non-hydrogen) atoms. The van der Waals surface area contributed by atoms with Crippen molar-refractivity contribution in [2.24, 2.45) is 0 Å². The van der Waals surface area contributed by atoms with Gasteiger partial charge in [0.2, 0.25) is 5.43 Å². The van der Waals surface area contributed by atoms with Gasteiger partial charge in [0.1, 0.15) is 17.1 Å². The first kappa shape index (κ1) is 23.3. The maximum Gasteiger partial charge on any atom is 0.341 e. The number of fused-ring (bicyclic) bond motifs is 1. The molecular formula is C26H23FN4O5. The number of anilines is 1. The van der Waals surface area contributed by atoms with Gasteiger partial charge in [0.05, 0.1) is 17.7 Å². The lowest BCUT2D eigenvalue weighted by atomic mass is 10.1. The second-order valence-electron chi connectivity index (χ2n) is 8.88. The molecule has 184 valence electrons. The van der Waals surface area contributed by atoms with Crippen LogP contribution >= 0.6 is 0 Å². The molecule has 1 atom stereocenters. The number of hydrogen-bond acceptors (Lipinski definition) is 6. The van der Waals surface area contributed by atoms with Gasteiger partial charge in [-0.1, -0.05) is 0 Å². The van der Waals surface area contributed by atoms with Crippen LogP contribution in [0.3, 0.4) is 0 Å². The van der Waals surface area contributed by atoms with E-state index in [0.717, 1.165) is 18.9 Å². The van der Waals surface area contributed by atoms with Gasteiger partial charge in [0.25, 0.3) is 5.56 Å². The van der Waals surface area contributed by atoms with Gasteiger partial charge < -0.3 is 19.7 Å². The van der Waals surface area contributed by atoms with Crippen molar-refractivity contribution in [1.82, 2.24) is 14.3 Å². The molecule has 0 spiro atoms. The van der Waals surface area contributed by atoms with Crippen molar-refractivity contribution in [2.75, 3.05) is 11.4 Å². The number of rotatable bonds is 5. The molecule has 4 aromatic rings. The largest absolute Gasteiger partial charge is 0.508 e. The Balaban J connectivity index is 1.66. The maximum absolute atomic E-state index is 15.5. The smallest absolute Gasteiger partial charge is 0.341 e. The molecule has 3 heterocycles. The minimum absolute atomic E-state index is 0.0224. The van der Waals surface area contributed by atoms with Gasteiger partial charge in [-0.3, -0.25) is 9.59 Å². The molecule has 2 aromatic carbocycles. The van der Waals surface area contributed by atoms with Crippen molar-refractivity contribution in [3.05, 3.63) is 92.4 Å². The number of aryl methyl sites for hydroxylation is 1. The Labute approximate surface area is 204 Å². The SMILES string of the molecule is Cc1ccnn(C[C@H]2CCCN2c2cc3c(cc2F)c(=O)c(C(=O)O)cn3-c2ccc(O)cc2)c1=O. The third-order valence-corrected chi connectivity index (χ3v) is 6.60. The zero-order chi connectivity index (χ0) is 25.6. The maximum atomic E-state index is 15.5. The third kappa shape index (κ3) is 4.00. The van der Waals surface area contributed by atoms with E-state index in [1.165, 1.54) is 33.6 Å². The standard InChI is InChI=1S/C26H23FN4O5/c1-15-8-9-28-31(25(15)34)13-17-3-2-10-29(17)23-12-22-19(11-21(23)27)24(33)20(26(35)36)14-30(22)16-4-6-18(32)7-5-16/h4-9,11-12,14,17,32H,2-3,10,13H2,1H3,(H,35,36)/t17-/m1/s1. The van der Waals surface area contributed by atoms with Crippen molar-refractivity contribution in [1.29, 1.82) is 0 Å². The van der Waals surface area contributed by atoms with Crippen LogP contribution in [0.25, 0.3) is 16.6 Å². The normalized spacial score (nSPS) is 15.5. The monoisotopic (exact) mass is 490 g/mol. The Hall–Kier alpha value is -4.47. The minimum Gasteiger partial charge on any atom is -0.508 e. The summed E-state index contributed by atoms with van der Waals surface area (Å²) < 4.78 is 18.4. The van der Waals surface area contributed by atoms with Gasteiger partial charge in [-0.2, -0.15) is 5.10 Å². The number of halogens is 1. The summed E-state index contributed by atoms with van der Waals surface area (Å²) in [5, 5.41) is 23.3. The van der Waals surface area contributed by atoms with Crippen LogP contribution in [0.15, 0.2) is 64.4 Å². The summed E-state index contributed by atoms with van der Waals surface area (Å²) >= 11 is 0. The lowest BCUT2D eigenvalue weighted by molar-refractivity contribution is 0.0695. The van der Waals surface area contributed by atoms with E-state index in [0.29, 0.717) is 23.3 Å². The highest BCUT2D eigenvalue weighted by Gasteiger charge is 2.29. The van der Waals surface area contributed by atoms with Gasteiger partial charge in [0.15, 0.2) is 0 Å². The summed E-state index contributed by atoms with van der Waals surface area (Å²) in [4.78, 5) is 39.0. The Kier molecular flexibility index (Phi) is 5.79. The highest BCUT2D eigenvalue weighted by Crippen LogP contribution is 2.32. The molecular weight excluding hydrogens is 467 g/mol. The summed E-state index contributed by atoms with van der Waals surface area (Å²) in [6.07, 6.45) is 4.27. The zero-order valence-electron chi connectivity index (χ0n) is 19.4. The fraction of sp³-hybridized carbons (Fsp3) is 0.231. The molecule has 9 nitrogen and oxygen atoms in total. The minimum atomic E-state index is -1.42. The molecule has 2 aromatic heterocycles. The van der Waals surface area contributed by atoms with Crippen LogP contribution in [0, 0.1) is 12.7 Å². The predicted molar refractivity (Wildman–Crippen MR) is 132 cm³/mol. The molecule has 0 amide bonds. The fourth-order valence-electron chi connectivity index (χ4n) is 4.76. The number of carboxylic acids is 1. The highest BCUT2D eigenvalue weighted by atomic mass is 19.1. The van der Waals surface area contributed by atoms with Crippen molar-refractivity contribution < 1.29 is 19.4 Å². The van der Waals surface area contributed by atoms with E-state index >= 15 is 4.39 Å². The number of carbonyl (C=O) groups is 1. The number of nitrogens with zero attached hydrogens (tertiary/aromatic N) is 4.